The van der Waals surface area contributed by atoms with Crippen LogP contribution in [-0.2, 0) is 9.53 Å². The molecule has 0 unspecified atom stereocenters. The van der Waals surface area contributed by atoms with Crippen molar-refractivity contribution >= 4 is 44.8 Å². The van der Waals surface area contributed by atoms with Gasteiger partial charge in [-0.25, -0.2) is 9.18 Å². The molecule has 0 fully saturated rings. The van der Waals surface area contributed by atoms with Crippen LogP contribution in [0, 0.1) is 5.82 Å². The predicted molar refractivity (Wildman–Crippen MR) is 97.0 cm³/mol. The minimum atomic E-state index is -0.653. The van der Waals surface area contributed by atoms with Crippen molar-refractivity contribution in [2.75, 3.05) is 18.5 Å². The molecule has 1 amide bonds. The van der Waals surface area contributed by atoms with Crippen molar-refractivity contribution in [1.82, 2.24) is 0 Å². The van der Waals surface area contributed by atoms with Crippen molar-refractivity contribution in [3.8, 4) is 5.75 Å². The Labute approximate surface area is 156 Å². The number of halogens is 1. The first kappa shape index (κ1) is 17.2. The molecule has 1 aliphatic heterocycles. The third-order valence-electron chi connectivity index (χ3n) is 3.95. The minimum Gasteiger partial charge on any atom is -0.482 e. The molecule has 4 rings (SSSR count). The van der Waals surface area contributed by atoms with Crippen LogP contribution in [0.15, 0.2) is 42.5 Å². The summed E-state index contributed by atoms with van der Waals surface area (Å²) in [7, 11) is 0. The fraction of sp³-hybridized carbons (Fsp3) is 0.105. The van der Waals surface area contributed by atoms with Crippen LogP contribution in [0.5, 0.6) is 5.75 Å². The Kier molecular flexibility index (Phi) is 4.33. The average Bonchev–Trinajstić information content (AvgIpc) is 3.08. The molecule has 1 aliphatic rings. The Morgan fingerprint density at radius 2 is 2.04 bits per heavy atom. The fourth-order valence-corrected chi connectivity index (χ4v) is 3.59. The second kappa shape index (κ2) is 6.81. The van der Waals surface area contributed by atoms with E-state index in [1.807, 2.05) is 0 Å². The van der Waals surface area contributed by atoms with Crippen molar-refractivity contribution in [2.24, 2.45) is 0 Å². The maximum atomic E-state index is 13.2. The molecule has 6 nitrogen and oxygen atoms in total. The van der Waals surface area contributed by atoms with E-state index in [1.54, 1.807) is 12.1 Å². The highest BCUT2D eigenvalue weighted by atomic mass is 32.1. The molecule has 0 saturated carbocycles. The molecule has 3 aromatic rings. The van der Waals surface area contributed by atoms with Crippen LogP contribution in [0.25, 0.3) is 10.1 Å². The minimum absolute atomic E-state index is 0.0724. The number of esters is 1. The number of rotatable bonds is 4. The summed E-state index contributed by atoms with van der Waals surface area (Å²) in [6, 6.07) is 10.3. The standard InChI is InChI=1S/C19H12FNO5S/c20-12-2-4-16-11(5-12)7-17(27-16)19(24)26-8-14(22)10-1-3-15-13(6-10)21-18(23)9-25-15/h1-7H,8-9H2,(H,21,23). The zero-order valence-electron chi connectivity index (χ0n) is 13.8. The first-order valence-corrected chi connectivity index (χ1v) is 8.77. The maximum absolute atomic E-state index is 13.2. The number of ether oxygens (including phenoxy) is 2. The Morgan fingerprint density at radius 1 is 1.19 bits per heavy atom. The lowest BCUT2D eigenvalue weighted by molar-refractivity contribution is -0.118. The molecule has 1 N–H and O–H groups in total. The van der Waals surface area contributed by atoms with Crippen LogP contribution in [0.2, 0.25) is 0 Å². The number of anilines is 1. The van der Waals surface area contributed by atoms with E-state index in [4.69, 9.17) is 9.47 Å². The van der Waals surface area contributed by atoms with Gasteiger partial charge >= 0.3 is 5.97 Å². The quantitative estimate of drug-likeness (QED) is 0.550. The molecule has 0 saturated heterocycles. The molecule has 2 heterocycles. The zero-order valence-corrected chi connectivity index (χ0v) is 14.6. The highest BCUT2D eigenvalue weighted by Gasteiger charge is 2.19. The summed E-state index contributed by atoms with van der Waals surface area (Å²) in [5.41, 5.74) is 0.681. The van der Waals surface area contributed by atoms with Gasteiger partial charge in [-0.2, -0.15) is 0 Å². The number of hydrogen-bond donors (Lipinski definition) is 1. The molecular weight excluding hydrogens is 373 g/mol. The first-order valence-electron chi connectivity index (χ1n) is 7.96. The van der Waals surface area contributed by atoms with E-state index in [-0.39, 0.29) is 28.8 Å². The van der Waals surface area contributed by atoms with Gasteiger partial charge in [0.05, 0.1) is 5.69 Å². The SMILES string of the molecule is O=C1COc2ccc(C(=O)COC(=O)c3cc4cc(F)ccc4s3)cc2N1. The predicted octanol–water partition coefficient (Wildman–Crippen LogP) is 3.41. The third-order valence-corrected chi connectivity index (χ3v) is 5.04. The van der Waals surface area contributed by atoms with Crippen LogP contribution in [0.4, 0.5) is 10.1 Å². The van der Waals surface area contributed by atoms with E-state index in [2.05, 4.69) is 5.32 Å². The molecule has 0 bridgehead atoms. The highest BCUT2D eigenvalue weighted by molar-refractivity contribution is 7.20. The molecule has 136 valence electrons. The zero-order chi connectivity index (χ0) is 19.0. The van der Waals surface area contributed by atoms with Gasteiger partial charge in [0, 0.05) is 10.3 Å². The highest BCUT2D eigenvalue weighted by Crippen LogP contribution is 2.29. The number of carbonyl (C=O) groups is 3. The van der Waals surface area contributed by atoms with E-state index in [0.717, 1.165) is 16.0 Å². The summed E-state index contributed by atoms with van der Waals surface area (Å²) in [5, 5.41) is 3.21. The number of amides is 1. The van der Waals surface area contributed by atoms with E-state index in [1.165, 1.54) is 30.3 Å². The Morgan fingerprint density at radius 3 is 2.89 bits per heavy atom. The first-order chi connectivity index (χ1) is 13.0. The van der Waals surface area contributed by atoms with Gasteiger partial charge in [-0.15, -0.1) is 11.3 Å². The van der Waals surface area contributed by atoms with Gasteiger partial charge < -0.3 is 14.8 Å². The van der Waals surface area contributed by atoms with Crippen LogP contribution >= 0.6 is 11.3 Å². The van der Waals surface area contributed by atoms with E-state index >= 15 is 0 Å². The molecule has 0 spiro atoms. The maximum Gasteiger partial charge on any atom is 0.348 e. The number of hydrogen-bond acceptors (Lipinski definition) is 6. The van der Waals surface area contributed by atoms with Crippen molar-refractivity contribution in [3.05, 3.63) is 58.7 Å². The normalized spacial score (nSPS) is 12.9. The number of ketones is 1. The fourth-order valence-electron chi connectivity index (χ4n) is 2.66. The van der Waals surface area contributed by atoms with Crippen LogP contribution < -0.4 is 10.1 Å². The second-order valence-corrected chi connectivity index (χ2v) is 6.92. The summed E-state index contributed by atoms with van der Waals surface area (Å²) in [6.45, 7) is -0.522. The van der Waals surface area contributed by atoms with E-state index in [0.29, 0.717) is 16.8 Å². The lowest BCUT2D eigenvalue weighted by Crippen LogP contribution is -2.25. The number of carbonyl (C=O) groups excluding carboxylic acids is 3. The summed E-state index contributed by atoms with van der Waals surface area (Å²) in [6.07, 6.45) is 0. The molecule has 0 atom stereocenters. The Bertz CT molecular complexity index is 1090. The van der Waals surface area contributed by atoms with Gasteiger partial charge in [-0.1, -0.05) is 0 Å². The molecule has 8 heteroatoms. The lowest BCUT2D eigenvalue weighted by atomic mass is 10.1. The van der Waals surface area contributed by atoms with Crippen molar-refractivity contribution in [2.45, 2.75) is 0 Å². The summed E-state index contributed by atoms with van der Waals surface area (Å²) in [4.78, 5) is 36.1. The van der Waals surface area contributed by atoms with Gasteiger partial charge in [-0.05, 0) is 47.9 Å². The number of benzene rings is 2. The van der Waals surface area contributed by atoms with Crippen LogP contribution in [-0.4, -0.2) is 30.9 Å². The summed E-state index contributed by atoms with van der Waals surface area (Å²) < 4.78 is 24.3. The Hall–Kier alpha value is -3.26. The monoisotopic (exact) mass is 385 g/mol. The number of fused-ring (bicyclic) bond motifs is 2. The van der Waals surface area contributed by atoms with E-state index in [9.17, 15) is 18.8 Å². The summed E-state index contributed by atoms with van der Waals surface area (Å²) in [5.74, 6) is -1.29. The van der Waals surface area contributed by atoms with Crippen molar-refractivity contribution in [3.63, 3.8) is 0 Å². The molecule has 2 aromatic carbocycles. The van der Waals surface area contributed by atoms with Gasteiger partial charge in [0.2, 0.25) is 0 Å². The average molecular weight is 385 g/mol. The van der Waals surface area contributed by atoms with Gasteiger partial charge in [0.25, 0.3) is 5.91 Å². The smallest absolute Gasteiger partial charge is 0.348 e. The van der Waals surface area contributed by atoms with Gasteiger partial charge in [0.15, 0.2) is 19.0 Å². The topological polar surface area (TPSA) is 81.7 Å². The molecule has 0 aliphatic carbocycles. The molecule has 0 radical (unpaired) electrons. The lowest BCUT2D eigenvalue weighted by Gasteiger charge is -2.18. The largest absolute Gasteiger partial charge is 0.482 e. The van der Waals surface area contributed by atoms with Crippen molar-refractivity contribution < 1.29 is 28.2 Å². The van der Waals surface area contributed by atoms with Crippen LogP contribution in [0.1, 0.15) is 20.0 Å². The second-order valence-electron chi connectivity index (χ2n) is 5.84. The Balaban J connectivity index is 1.44. The van der Waals surface area contributed by atoms with Crippen LogP contribution in [0.3, 0.4) is 0 Å². The number of nitrogens with one attached hydrogen (secondary N) is 1. The molecular formula is C19H12FNO5S. The van der Waals surface area contributed by atoms with Gasteiger partial charge in [0.1, 0.15) is 16.4 Å². The summed E-state index contributed by atoms with van der Waals surface area (Å²) >= 11 is 1.16. The molecule has 27 heavy (non-hydrogen) atoms. The van der Waals surface area contributed by atoms with E-state index < -0.39 is 18.4 Å². The van der Waals surface area contributed by atoms with Gasteiger partial charge in [-0.3, -0.25) is 9.59 Å². The number of thiophene rings is 1. The van der Waals surface area contributed by atoms with Crippen molar-refractivity contribution in [1.29, 1.82) is 0 Å². The molecule has 1 aromatic heterocycles. The number of Topliss-reactive ketones (excluding diaryl/α,β-unsaturated/α-hetero) is 1. The third kappa shape index (κ3) is 3.52.